The summed E-state index contributed by atoms with van der Waals surface area (Å²) >= 11 is 0. The first-order valence-electron chi connectivity index (χ1n) is 9.01. The van der Waals surface area contributed by atoms with Gasteiger partial charge < -0.3 is 14.4 Å². The van der Waals surface area contributed by atoms with E-state index in [1.54, 1.807) is 31.2 Å². The number of aromatic nitrogens is 1. The van der Waals surface area contributed by atoms with Gasteiger partial charge in [0.25, 0.3) is 5.91 Å². The van der Waals surface area contributed by atoms with Crippen LogP contribution >= 0.6 is 0 Å². The molecule has 1 aliphatic heterocycles. The number of para-hydroxylation sites is 1. The maximum Gasteiger partial charge on any atom is 0.417 e. The quantitative estimate of drug-likeness (QED) is 0.638. The molecule has 3 aromatic rings. The lowest BCUT2D eigenvalue weighted by molar-refractivity contribution is -0.136. The monoisotopic (exact) mass is 402 g/mol. The maximum atomic E-state index is 13.9. The smallest absolute Gasteiger partial charge is 0.417 e. The number of ether oxygens (including phenoxy) is 2. The molecular formula is C21H17F3N2O3. The molecule has 0 bridgehead atoms. The third-order valence-electron chi connectivity index (χ3n) is 4.77. The number of alkyl halides is 3. The van der Waals surface area contributed by atoms with Gasteiger partial charge in [0.2, 0.25) is 6.79 Å². The van der Waals surface area contributed by atoms with E-state index in [0.717, 1.165) is 11.8 Å². The van der Waals surface area contributed by atoms with E-state index in [2.05, 4.69) is 4.98 Å². The number of hydrogen-bond donors (Lipinski definition) is 0. The average molecular weight is 402 g/mol. The van der Waals surface area contributed by atoms with E-state index in [1.165, 1.54) is 23.1 Å². The molecular weight excluding hydrogens is 385 g/mol. The second-order valence-corrected chi connectivity index (χ2v) is 6.57. The Balaban J connectivity index is 1.71. The molecule has 0 spiro atoms. The Morgan fingerprint density at radius 1 is 1.14 bits per heavy atom. The summed E-state index contributed by atoms with van der Waals surface area (Å²) in [5.41, 5.74) is -0.502. The first-order valence-corrected chi connectivity index (χ1v) is 9.01. The minimum absolute atomic E-state index is 0.0926. The van der Waals surface area contributed by atoms with Crippen LogP contribution in [0.15, 0.2) is 48.7 Å². The first kappa shape index (κ1) is 19.0. The van der Waals surface area contributed by atoms with Crippen LogP contribution in [0.25, 0.3) is 10.9 Å². The number of halogens is 3. The molecule has 1 aromatic heterocycles. The highest BCUT2D eigenvalue weighted by Gasteiger charge is 2.38. The normalized spacial score (nSPS) is 13.0. The minimum atomic E-state index is -4.69. The lowest BCUT2D eigenvalue weighted by Crippen LogP contribution is -2.32. The van der Waals surface area contributed by atoms with Crippen LogP contribution in [0.5, 0.6) is 11.5 Å². The van der Waals surface area contributed by atoms with Crippen molar-refractivity contribution < 1.29 is 27.4 Å². The zero-order valence-electron chi connectivity index (χ0n) is 15.5. The van der Waals surface area contributed by atoms with Gasteiger partial charge in [-0.25, -0.2) is 0 Å². The molecule has 0 unspecified atom stereocenters. The van der Waals surface area contributed by atoms with E-state index in [9.17, 15) is 18.0 Å². The first-order chi connectivity index (χ1) is 13.9. The molecule has 1 amide bonds. The molecule has 0 aliphatic carbocycles. The number of benzene rings is 2. The van der Waals surface area contributed by atoms with Crippen molar-refractivity contribution in [3.05, 3.63) is 65.4 Å². The summed E-state index contributed by atoms with van der Waals surface area (Å²) in [6.45, 7) is 2.20. The van der Waals surface area contributed by atoms with Crippen molar-refractivity contribution in [3.63, 3.8) is 0 Å². The molecule has 0 radical (unpaired) electrons. The van der Waals surface area contributed by atoms with Crippen LogP contribution in [0.1, 0.15) is 28.4 Å². The molecule has 1 aliphatic rings. The molecule has 29 heavy (non-hydrogen) atoms. The second-order valence-electron chi connectivity index (χ2n) is 6.57. The summed E-state index contributed by atoms with van der Waals surface area (Å²) in [7, 11) is 0. The number of carbonyl (C=O) groups is 1. The van der Waals surface area contributed by atoms with E-state index >= 15 is 0 Å². The Kier molecular flexibility index (Phi) is 4.77. The van der Waals surface area contributed by atoms with Crippen LogP contribution in [0.3, 0.4) is 0 Å². The largest absolute Gasteiger partial charge is 0.454 e. The zero-order chi connectivity index (χ0) is 20.6. The third-order valence-corrected chi connectivity index (χ3v) is 4.77. The molecule has 4 rings (SSSR count). The molecule has 8 heteroatoms. The van der Waals surface area contributed by atoms with Gasteiger partial charge >= 0.3 is 6.18 Å². The van der Waals surface area contributed by atoms with Gasteiger partial charge in [0.1, 0.15) is 0 Å². The lowest BCUT2D eigenvalue weighted by Gasteiger charge is -2.23. The standard InChI is InChI=1S/C21H17F3N2O3/c1-2-26(11-13-7-8-17-18(9-13)29-12-28-17)20(27)15-10-25-16-6-4-3-5-14(16)19(15)21(22,23)24/h3-10H,2,11-12H2,1H3. The zero-order valence-corrected chi connectivity index (χ0v) is 15.5. The number of nitrogens with zero attached hydrogens (tertiary/aromatic N) is 2. The number of fused-ring (bicyclic) bond motifs is 2. The van der Waals surface area contributed by atoms with Crippen LogP contribution in [-0.4, -0.2) is 29.1 Å². The minimum Gasteiger partial charge on any atom is -0.454 e. The van der Waals surface area contributed by atoms with Gasteiger partial charge in [-0.3, -0.25) is 9.78 Å². The van der Waals surface area contributed by atoms with Crippen molar-refractivity contribution in [1.82, 2.24) is 9.88 Å². The molecule has 2 heterocycles. The molecule has 2 aromatic carbocycles. The van der Waals surface area contributed by atoms with Crippen LogP contribution in [-0.2, 0) is 12.7 Å². The SMILES string of the molecule is CCN(Cc1ccc2c(c1)OCO2)C(=O)c1cnc2ccccc2c1C(F)(F)F. The van der Waals surface area contributed by atoms with Gasteiger partial charge in [0, 0.05) is 24.7 Å². The number of carbonyl (C=O) groups excluding carboxylic acids is 1. The fraction of sp³-hybridized carbons (Fsp3) is 0.238. The van der Waals surface area contributed by atoms with Crippen molar-refractivity contribution in [2.75, 3.05) is 13.3 Å². The molecule has 150 valence electrons. The van der Waals surface area contributed by atoms with E-state index in [0.29, 0.717) is 11.5 Å². The average Bonchev–Trinajstić information content (AvgIpc) is 3.17. The molecule has 0 saturated heterocycles. The fourth-order valence-corrected chi connectivity index (χ4v) is 3.37. The predicted molar refractivity (Wildman–Crippen MR) is 99.7 cm³/mol. The lowest BCUT2D eigenvalue weighted by atomic mass is 10.0. The van der Waals surface area contributed by atoms with E-state index < -0.39 is 23.2 Å². The number of rotatable bonds is 4. The molecule has 5 nitrogen and oxygen atoms in total. The van der Waals surface area contributed by atoms with Gasteiger partial charge in [-0.15, -0.1) is 0 Å². The Hall–Kier alpha value is -3.29. The van der Waals surface area contributed by atoms with Crippen LogP contribution < -0.4 is 9.47 Å². The van der Waals surface area contributed by atoms with Crippen molar-refractivity contribution in [2.24, 2.45) is 0 Å². The van der Waals surface area contributed by atoms with Gasteiger partial charge in [0.15, 0.2) is 11.5 Å². The maximum absolute atomic E-state index is 13.9. The van der Waals surface area contributed by atoms with Crippen LogP contribution in [0.2, 0.25) is 0 Å². The van der Waals surface area contributed by atoms with Crippen LogP contribution in [0.4, 0.5) is 13.2 Å². The van der Waals surface area contributed by atoms with Crippen molar-refractivity contribution in [3.8, 4) is 11.5 Å². The fourth-order valence-electron chi connectivity index (χ4n) is 3.37. The molecule has 0 saturated carbocycles. The summed E-state index contributed by atoms with van der Waals surface area (Å²) < 4.78 is 52.1. The van der Waals surface area contributed by atoms with E-state index in [1.807, 2.05) is 0 Å². The molecule has 0 atom stereocenters. The number of amides is 1. The molecule has 0 N–H and O–H groups in total. The topological polar surface area (TPSA) is 51.7 Å². The summed E-state index contributed by atoms with van der Waals surface area (Å²) in [6.07, 6.45) is -3.68. The van der Waals surface area contributed by atoms with Crippen molar-refractivity contribution >= 4 is 16.8 Å². The Bertz CT molecular complexity index is 1080. The van der Waals surface area contributed by atoms with Crippen LogP contribution in [0, 0.1) is 0 Å². The van der Waals surface area contributed by atoms with Gasteiger partial charge in [0.05, 0.1) is 16.6 Å². The highest BCUT2D eigenvalue weighted by Crippen LogP contribution is 2.37. The summed E-state index contributed by atoms with van der Waals surface area (Å²) in [6, 6.07) is 11.1. The summed E-state index contributed by atoms with van der Waals surface area (Å²) in [4.78, 5) is 18.5. The number of hydrogen-bond acceptors (Lipinski definition) is 4. The van der Waals surface area contributed by atoms with Gasteiger partial charge in [-0.1, -0.05) is 24.3 Å². The van der Waals surface area contributed by atoms with E-state index in [-0.39, 0.29) is 30.8 Å². The Morgan fingerprint density at radius 2 is 1.90 bits per heavy atom. The van der Waals surface area contributed by atoms with Crippen molar-refractivity contribution in [1.29, 1.82) is 0 Å². The van der Waals surface area contributed by atoms with Gasteiger partial charge in [-0.05, 0) is 30.7 Å². The summed E-state index contributed by atoms with van der Waals surface area (Å²) in [5.74, 6) is 0.423. The highest BCUT2D eigenvalue weighted by atomic mass is 19.4. The molecule has 0 fully saturated rings. The van der Waals surface area contributed by atoms with Gasteiger partial charge in [-0.2, -0.15) is 13.2 Å². The summed E-state index contributed by atoms with van der Waals surface area (Å²) in [5, 5.41) is -0.0926. The van der Waals surface area contributed by atoms with Crippen molar-refractivity contribution in [2.45, 2.75) is 19.6 Å². The van der Waals surface area contributed by atoms with E-state index in [4.69, 9.17) is 9.47 Å². The Labute approximate surface area is 164 Å². The Morgan fingerprint density at radius 3 is 2.66 bits per heavy atom. The highest BCUT2D eigenvalue weighted by molar-refractivity contribution is 6.00. The number of pyridine rings is 1. The third kappa shape index (κ3) is 3.57. The second kappa shape index (κ2) is 7.27. The predicted octanol–water partition coefficient (Wildman–Crippen LogP) is 4.64.